The normalized spacial score (nSPS) is 12.9. The molecule has 2 aromatic rings. The van der Waals surface area contributed by atoms with Gasteiger partial charge >= 0.3 is 0 Å². The molecule has 0 heterocycles. The topological polar surface area (TPSA) is 57.3 Å². The number of benzene rings is 2. The van der Waals surface area contributed by atoms with Gasteiger partial charge in [-0.05, 0) is 43.5 Å². The van der Waals surface area contributed by atoms with Gasteiger partial charge in [0.15, 0.2) is 6.04 Å². The smallest absolute Gasteiger partial charge is 0.282 e. The number of nitrogens with zero attached hydrogens (tertiary/aromatic N) is 1. The van der Waals surface area contributed by atoms with Crippen LogP contribution in [-0.2, 0) is 11.3 Å². The van der Waals surface area contributed by atoms with Gasteiger partial charge in [0, 0.05) is 16.1 Å². The van der Waals surface area contributed by atoms with Crippen LogP contribution < -0.4 is 10.2 Å². The lowest BCUT2D eigenvalue weighted by atomic mass is 10.1. The number of carbonyl (C=O) groups excluding carboxylic acids is 1. The van der Waals surface area contributed by atoms with Crippen molar-refractivity contribution in [1.29, 1.82) is 5.26 Å². The molecule has 0 radical (unpaired) electrons. The second-order valence-electron chi connectivity index (χ2n) is 5.77. The first-order valence-corrected chi connectivity index (χ1v) is 9.02. The van der Waals surface area contributed by atoms with Crippen molar-refractivity contribution in [2.24, 2.45) is 0 Å². The maximum atomic E-state index is 12.4. The summed E-state index contributed by atoms with van der Waals surface area (Å²) in [5.41, 5.74) is 2.40. The van der Waals surface area contributed by atoms with E-state index in [9.17, 15) is 4.79 Å². The van der Waals surface area contributed by atoms with E-state index in [4.69, 9.17) is 5.26 Å². The average Bonchev–Trinajstić information content (AvgIpc) is 2.61. The van der Waals surface area contributed by atoms with E-state index in [2.05, 4.69) is 41.9 Å². The van der Waals surface area contributed by atoms with Crippen LogP contribution in [0.4, 0.5) is 5.69 Å². The number of hydrogen-bond donors (Lipinski definition) is 2. The molecule has 2 N–H and O–H groups in total. The summed E-state index contributed by atoms with van der Waals surface area (Å²) in [6.45, 7) is 2.69. The molecule has 124 valence electrons. The minimum absolute atomic E-state index is 0.0525. The number of thioether (sulfide) groups is 1. The number of amides is 1. The lowest BCUT2D eigenvalue weighted by molar-refractivity contribution is -0.907. The monoisotopic (exact) mass is 340 g/mol. The van der Waals surface area contributed by atoms with Crippen LogP contribution in [0.1, 0.15) is 18.1 Å². The third kappa shape index (κ3) is 4.85. The maximum absolute atomic E-state index is 12.4. The number of nitrogens with one attached hydrogen (secondary N) is 2. The molecule has 0 saturated heterocycles. The van der Waals surface area contributed by atoms with Gasteiger partial charge in [-0.3, -0.25) is 4.79 Å². The second-order valence-corrected chi connectivity index (χ2v) is 6.65. The van der Waals surface area contributed by atoms with Crippen LogP contribution in [0, 0.1) is 11.3 Å². The zero-order chi connectivity index (χ0) is 17.5. The first kappa shape index (κ1) is 18.1. The average molecular weight is 340 g/mol. The van der Waals surface area contributed by atoms with Crippen LogP contribution in [0.5, 0.6) is 0 Å². The molecule has 0 fully saturated rings. The zero-order valence-corrected chi connectivity index (χ0v) is 15.0. The van der Waals surface area contributed by atoms with Crippen molar-refractivity contribution in [2.45, 2.75) is 24.4 Å². The lowest BCUT2D eigenvalue weighted by Crippen LogP contribution is -3.12. The van der Waals surface area contributed by atoms with Gasteiger partial charge in [-0.25, -0.2) is 0 Å². The van der Waals surface area contributed by atoms with Gasteiger partial charge in [0.25, 0.3) is 5.91 Å². The van der Waals surface area contributed by atoms with Gasteiger partial charge < -0.3 is 10.2 Å². The number of hydrogen-bond acceptors (Lipinski definition) is 3. The minimum atomic E-state index is -0.198. The van der Waals surface area contributed by atoms with E-state index in [1.165, 1.54) is 10.5 Å². The van der Waals surface area contributed by atoms with Gasteiger partial charge in [-0.2, -0.15) is 5.26 Å². The number of carbonyl (C=O) groups is 1. The highest BCUT2D eigenvalue weighted by Gasteiger charge is 2.22. The van der Waals surface area contributed by atoms with E-state index < -0.39 is 0 Å². The molecule has 4 nitrogen and oxygen atoms in total. The molecule has 2 atom stereocenters. The molecule has 1 amide bonds. The molecule has 0 bridgehead atoms. The molecular formula is C19H22N3OS+. The second kappa shape index (κ2) is 8.53. The Bertz CT molecular complexity index is 737. The van der Waals surface area contributed by atoms with Crippen molar-refractivity contribution >= 4 is 23.4 Å². The van der Waals surface area contributed by atoms with Crippen molar-refractivity contribution < 1.29 is 9.69 Å². The highest BCUT2D eigenvalue weighted by Crippen LogP contribution is 2.14. The number of nitriles is 1. The molecule has 0 aliphatic rings. The Balaban J connectivity index is 1.97. The predicted molar refractivity (Wildman–Crippen MR) is 98.1 cm³/mol. The van der Waals surface area contributed by atoms with E-state index in [1.807, 2.05) is 14.0 Å². The summed E-state index contributed by atoms with van der Waals surface area (Å²) in [4.78, 5) is 14.8. The van der Waals surface area contributed by atoms with Crippen LogP contribution >= 0.6 is 11.8 Å². The molecular weight excluding hydrogens is 318 g/mol. The SMILES string of the molecule is CSc1ccc(C[NH+](C)[C@@H](C)C(=O)Nc2cccc(C#N)c2)cc1. The van der Waals surface area contributed by atoms with Gasteiger partial charge in [0.05, 0.1) is 18.7 Å². The third-order valence-corrected chi connectivity index (χ3v) is 4.78. The quantitative estimate of drug-likeness (QED) is 0.794. The third-order valence-electron chi connectivity index (χ3n) is 4.03. The molecule has 24 heavy (non-hydrogen) atoms. The molecule has 5 heteroatoms. The highest BCUT2D eigenvalue weighted by molar-refractivity contribution is 7.98. The number of likely N-dealkylation sites (N-methyl/N-ethyl adjacent to an activating group) is 1. The molecule has 1 unspecified atom stereocenters. The summed E-state index contributed by atoms with van der Waals surface area (Å²) < 4.78 is 0. The van der Waals surface area contributed by atoms with Crippen LogP contribution in [0.2, 0.25) is 0 Å². The molecule has 0 aromatic heterocycles. The van der Waals surface area contributed by atoms with E-state index in [0.717, 1.165) is 11.4 Å². The Morgan fingerprint density at radius 2 is 2.00 bits per heavy atom. The van der Waals surface area contributed by atoms with Crippen LogP contribution in [0.3, 0.4) is 0 Å². The molecule has 2 aromatic carbocycles. The van der Waals surface area contributed by atoms with Gasteiger partial charge in [0.1, 0.15) is 6.54 Å². The van der Waals surface area contributed by atoms with E-state index in [0.29, 0.717) is 11.3 Å². The summed E-state index contributed by atoms with van der Waals surface area (Å²) in [6.07, 6.45) is 2.06. The summed E-state index contributed by atoms with van der Waals surface area (Å²) in [5.74, 6) is -0.0525. The van der Waals surface area contributed by atoms with Crippen molar-refractivity contribution in [3.05, 3.63) is 59.7 Å². The standard InChI is InChI=1S/C19H21N3OS/c1-14(19(23)21-17-6-4-5-16(11-17)12-20)22(2)13-15-7-9-18(24-3)10-8-15/h4-11,14H,13H2,1-3H3,(H,21,23)/p+1/t14-/m0/s1. The van der Waals surface area contributed by atoms with Crippen LogP contribution in [0.25, 0.3) is 0 Å². The first-order chi connectivity index (χ1) is 11.5. The first-order valence-electron chi connectivity index (χ1n) is 7.79. The molecule has 0 aliphatic heterocycles. The fourth-order valence-electron chi connectivity index (χ4n) is 2.36. The summed E-state index contributed by atoms with van der Waals surface area (Å²) in [5, 5.41) is 11.8. The Labute approximate surface area is 147 Å². The number of rotatable bonds is 6. The van der Waals surface area contributed by atoms with Crippen LogP contribution in [-0.4, -0.2) is 25.3 Å². The maximum Gasteiger partial charge on any atom is 0.282 e. The van der Waals surface area contributed by atoms with Crippen molar-refractivity contribution in [1.82, 2.24) is 0 Å². The van der Waals surface area contributed by atoms with E-state index >= 15 is 0 Å². The van der Waals surface area contributed by atoms with Crippen LogP contribution in [0.15, 0.2) is 53.4 Å². The Morgan fingerprint density at radius 3 is 2.62 bits per heavy atom. The largest absolute Gasteiger partial charge is 0.324 e. The highest BCUT2D eigenvalue weighted by atomic mass is 32.2. The Kier molecular flexibility index (Phi) is 6.42. The summed E-state index contributed by atoms with van der Waals surface area (Å²) in [7, 11) is 2.01. The van der Waals surface area contributed by atoms with Crippen molar-refractivity contribution in [3.8, 4) is 6.07 Å². The lowest BCUT2D eigenvalue weighted by Gasteiger charge is -2.21. The fraction of sp³-hybridized carbons (Fsp3) is 0.263. The Hall–Kier alpha value is -2.29. The summed E-state index contributed by atoms with van der Waals surface area (Å²) in [6, 6.07) is 17.3. The number of quaternary nitrogens is 1. The van der Waals surface area contributed by atoms with Crippen molar-refractivity contribution in [3.63, 3.8) is 0 Å². The fourth-order valence-corrected chi connectivity index (χ4v) is 2.77. The van der Waals surface area contributed by atoms with E-state index in [-0.39, 0.29) is 11.9 Å². The molecule has 0 saturated carbocycles. The number of anilines is 1. The van der Waals surface area contributed by atoms with Gasteiger partial charge in [-0.1, -0.05) is 18.2 Å². The molecule has 0 aliphatic carbocycles. The van der Waals surface area contributed by atoms with Crippen molar-refractivity contribution in [2.75, 3.05) is 18.6 Å². The Morgan fingerprint density at radius 1 is 1.29 bits per heavy atom. The minimum Gasteiger partial charge on any atom is -0.324 e. The predicted octanol–water partition coefficient (Wildman–Crippen LogP) is 2.32. The summed E-state index contributed by atoms with van der Waals surface area (Å²) >= 11 is 1.72. The molecule has 2 rings (SSSR count). The van der Waals surface area contributed by atoms with E-state index in [1.54, 1.807) is 36.0 Å². The molecule has 0 spiro atoms. The van der Waals surface area contributed by atoms with Gasteiger partial charge in [-0.15, -0.1) is 11.8 Å². The zero-order valence-electron chi connectivity index (χ0n) is 14.2. The van der Waals surface area contributed by atoms with Gasteiger partial charge in [0.2, 0.25) is 0 Å².